The van der Waals surface area contributed by atoms with Crippen LogP contribution in [-0.2, 0) is 0 Å². The molecule has 130 valence electrons. The Hall–Kier alpha value is -1.26. The van der Waals surface area contributed by atoms with Crippen LogP contribution in [0.15, 0.2) is 18.2 Å². The summed E-state index contributed by atoms with van der Waals surface area (Å²) in [5.41, 5.74) is 0.677. The topological polar surface area (TPSA) is 40.0 Å². The van der Waals surface area contributed by atoms with Crippen LogP contribution in [0, 0.1) is 0 Å². The molecule has 2 rings (SSSR count). The number of Topliss-reactive ketones (excluding diaryl/α,β-unsaturated/α-hetero) is 1. The molecule has 1 saturated heterocycles. The van der Waals surface area contributed by atoms with E-state index in [1.165, 1.54) is 32.4 Å². The summed E-state index contributed by atoms with van der Waals surface area (Å²) < 4.78 is 11.2. The minimum Gasteiger partial charge on any atom is -1.00 e. The number of hydrogen-bond donors (Lipinski definition) is 1. The van der Waals surface area contributed by atoms with Gasteiger partial charge in [-0.25, -0.2) is 0 Å². The van der Waals surface area contributed by atoms with Gasteiger partial charge in [0.15, 0.2) is 5.78 Å². The Morgan fingerprint density at radius 1 is 1.22 bits per heavy atom. The molecule has 0 radical (unpaired) electrons. The fraction of sp³-hybridized carbons (Fsp3) is 0.611. The van der Waals surface area contributed by atoms with Gasteiger partial charge < -0.3 is 26.8 Å². The molecule has 0 aliphatic carbocycles. The predicted octanol–water partition coefficient (Wildman–Crippen LogP) is -0.870. The summed E-state index contributed by atoms with van der Waals surface area (Å²) in [7, 11) is 1.63. The van der Waals surface area contributed by atoms with E-state index >= 15 is 0 Å². The summed E-state index contributed by atoms with van der Waals surface area (Å²) in [6.45, 7) is 6.14. The molecule has 0 aromatic heterocycles. The number of carbonyl (C=O) groups is 1. The number of rotatable bonds is 8. The normalized spacial score (nSPS) is 14.9. The zero-order valence-corrected chi connectivity index (χ0v) is 15.0. The Morgan fingerprint density at radius 3 is 2.61 bits per heavy atom. The lowest BCUT2D eigenvalue weighted by Gasteiger charge is -2.23. The maximum Gasteiger partial charge on any atom is 0.166 e. The molecule has 0 atom stereocenters. The fourth-order valence-electron chi connectivity index (χ4n) is 2.95. The van der Waals surface area contributed by atoms with Crippen molar-refractivity contribution in [3.8, 4) is 11.5 Å². The SMILES string of the molecule is CCCC(=O)c1ccc(OC)cc1OCC[NH+]1CCCCC1.[Cl-]. The lowest BCUT2D eigenvalue weighted by Crippen LogP contribution is -3.13. The molecule has 1 heterocycles. The Morgan fingerprint density at radius 2 is 1.96 bits per heavy atom. The minimum atomic E-state index is 0. The van der Waals surface area contributed by atoms with E-state index in [2.05, 4.69) is 0 Å². The van der Waals surface area contributed by atoms with E-state index in [0.717, 1.165) is 18.7 Å². The number of quaternary nitrogens is 1. The number of nitrogens with one attached hydrogen (secondary N) is 1. The highest BCUT2D eigenvalue weighted by molar-refractivity contribution is 5.98. The van der Waals surface area contributed by atoms with Gasteiger partial charge in [0.2, 0.25) is 0 Å². The number of hydrogen-bond acceptors (Lipinski definition) is 3. The summed E-state index contributed by atoms with van der Waals surface area (Å²) >= 11 is 0. The number of carbonyl (C=O) groups excluding carboxylic acids is 1. The monoisotopic (exact) mass is 341 g/mol. The first kappa shape index (κ1) is 19.8. The molecule has 1 aromatic rings. The van der Waals surface area contributed by atoms with Crippen molar-refractivity contribution in [3.05, 3.63) is 23.8 Å². The number of ether oxygens (including phenoxy) is 2. The van der Waals surface area contributed by atoms with Crippen LogP contribution in [-0.4, -0.2) is 39.1 Å². The van der Waals surface area contributed by atoms with Gasteiger partial charge in [-0.05, 0) is 37.8 Å². The van der Waals surface area contributed by atoms with Gasteiger partial charge >= 0.3 is 0 Å². The smallest absolute Gasteiger partial charge is 0.166 e. The van der Waals surface area contributed by atoms with Crippen molar-refractivity contribution in [1.29, 1.82) is 0 Å². The van der Waals surface area contributed by atoms with Crippen molar-refractivity contribution < 1.29 is 31.6 Å². The highest BCUT2D eigenvalue weighted by atomic mass is 35.5. The number of piperidine rings is 1. The number of likely N-dealkylation sites (tertiary alicyclic amines) is 1. The molecule has 23 heavy (non-hydrogen) atoms. The van der Waals surface area contributed by atoms with Crippen molar-refractivity contribution in [1.82, 2.24) is 0 Å². The maximum atomic E-state index is 12.2. The maximum absolute atomic E-state index is 12.2. The van der Waals surface area contributed by atoms with Crippen LogP contribution in [0.4, 0.5) is 0 Å². The van der Waals surface area contributed by atoms with Crippen LogP contribution in [0.5, 0.6) is 11.5 Å². The molecular formula is C18H28ClNO3. The summed E-state index contributed by atoms with van der Waals surface area (Å²) in [5.74, 6) is 1.54. The molecule has 1 aliphatic heterocycles. The van der Waals surface area contributed by atoms with Crippen molar-refractivity contribution in [2.45, 2.75) is 39.0 Å². The van der Waals surface area contributed by atoms with Crippen molar-refractivity contribution in [2.75, 3.05) is 33.4 Å². The third-order valence-corrected chi connectivity index (χ3v) is 4.24. The molecule has 1 aromatic carbocycles. The third kappa shape index (κ3) is 6.04. The van der Waals surface area contributed by atoms with Crippen LogP contribution in [0.2, 0.25) is 0 Å². The Balaban J connectivity index is 0.00000264. The number of benzene rings is 1. The lowest BCUT2D eigenvalue weighted by molar-refractivity contribution is -0.904. The predicted molar refractivity (Wildman–Crippen MR) is 87.1 cm³/mol. The molecule has 1 fully saturated rings. The Bertz CT molecular complexity index is 487. The van der Waals surface area contributed by atoms with Gasteiger partial charge in [0.25, 0.3) is 0 Å². The fourth-order valence-corrected chi connectivity index (χ4v) is 2.95. The lowest BCUT2D eigenvalue weighted by atomic mass is 10.1. The quantitative estimate of drug-likeness (QED) is 0.625. The Kier molecular flexibility index (Phi) is 9.03. The second-order valence-corrected chi connectivity index (χ2v) is 5.94. The second-order valence-electron chi connectivity index (χ2n) is 5.94. The van der Waals surface area contributed by atoms with E-state index in [0.29, 0.717) is 24.3 Å². The van der Waals surface area contributed by atoms with Crippen LogP contribution in [0.25, 0.3) is 0 Å². The molecule has 5 heteroatoms. The molecule has 0 saturated carbocycles. The standard InChI is InChI=1S/C18H27NO3.ClH/c1-3-7-17(20)16-9-8-15(21-2)14-18(16)22-13-12-19-10-5-4-6-11-19;/h8-9,14H,3-7,10-13H2,1-2H3;1H. The van der Waals surface area contributed by atoms with E-state index in [1.807, 2.05) is 25.1 Å². The Labute approximate surface area is 145 Å². The van der Waals surface area contributed by atoms with Crippen LogP contribution in [0.3, 0.4) is 0 Å². The zero-order chi connectivity index (χ0) is 15.8. The van der Waals surface area contributed by atoms with Gasteiger partial charge in [-0.1, -0.05) is 6.92 Å². The van der Waals surface area contributed by atoms with Gasteiger partial charge in [-0.3, -0.25) is 4.79 Å². The van der Waals surface area contributed by atoms with Crippen LogP contribution in [0.1, 0.15) is 49.4 Å². The van der Waals surface area contributed by atoms with Crippen LogP contribution < -0.4 is 26.8 Å². The van der Waals surface area contributed by atoms with E-state index in [9.17, 15) is 4.79 Å². The van der Waals surface area contributed by atoms with E-state index in [4.69, 9.17) is 9.47 Å². The van der Waals surface area contributed by atoms with Crippen molar-refractivity contribution in [3.63, 3.8) is 0 Å². The first-order valence-corrected chi connectivity index (χ1v) is 8.42. The average Bonchev–Trinajstić information content (AvgIpc) is 2.56. The number of halogens is 1. The summed E-state index contributed by atoms with van der Waals surface area (Å²) in [5, 5.41) is 0. The highest BCUT2D eigenvalue weighted by Crippen LogP contribution is 2.26. The molecule has 4 nitrogen and oxygen atoms in total. The molecule has 0 amide bonds. The van der Waals surface area contributed by atoms with E-state index in [1.54, 1.807) is 12.0 Å². The largest absolute Gasteiger partial charge is 1.00 e. The molecular weight excluding hydrogens is 314 g/mol. The van der Waals surface area contributed by atoms with Gasteiger partial charge in [-0.15, -0.1) is 0 Å². The van der Waals surface area contributed by atoms with Gasteiger partial charge in [0.1, 0.15) is 24.7 Å². The molecule has 0 bridgehead atoms. The first-order chi connectivity index (χ1) is 10.7. The molecule has 1 aliphatic rings. The van der Waals surface area contributed by atoms with Crippen molar-refractivity contribution in [2.24, 2.45) is 0 Å². The first-order valence-electron chi connectivity index (χ1n) is 8.42. The third-order valence-electron chi connectivity index (χ3n) is 4.24. The molecule has 1 N–H and O–H groups in total. The van der Waals surface area contributed by atoms with Gasteiger partial charge in [-0.2, -0.15) is 0 Å². The number of methoxy groups -OCH3 is 1. The van der Waals surface area contributed by atoms with Crippen molar-refractivity contribution >= 4 is 5.78 Å². The van der Waals surface area contributed by atoms with E-state index in [-0.39, 0.29) is 18.2 Å². The molecule has 0 spiro atoms. The van der Waals surface area contributed by atoms with Gasteiger partial charge in [0, 0.05) is 12.5 Å². The average molecular weight is 342 g/mol. The van der Waals surface area contributed by atoms with Crippen LogP contribution >= 0.6 is 0 Å². The minimum absolute atomic E-state index is 0. The van der Waals surface area contributed by atoms with E-state index < -0.39 is 0 Å². The highest BCUT2D eigenvalue weighted by Gasteiger charge is 2.16. The second kappa shape index (κ2) is 10.5. The summed E-state index contributed by atoms with van der Waals surface area (Å²) in [4.78, 5) is 13.8. The number of ketones is 1. The summed E-state index contributed by atoms with van der Waals surface area (Å²) in [6.07, 6.45) is 5.39. The molecule has 0 unspecified atom stereocenters. The van der Waals surface area contributed by atoms with Gasteiger partial charge in [0.05, 0.1) is 25.8 Å². The zero-order valence-electron chi connectivity index (χ0n) is 14.2. The summed E-state index contributed by atoms with van der Waals surface area (Å²) in [6, 6.07) is 5.47.